The van der Waals surface area contributed by atoms with E-state index in [4.69, 9.17) is 28.4 Å². The van der Waals surface area contributed by atoms with Gasteiger partial charge in [0, 0.05) is 37.2 Å². The number of hydrogen-bond donors (Lipinski definition) is 0. The summed E-state index contributed by atoms with van der Waals surface area (Å²) in [5.41, 5.74) is -3.88. The molecule has 5 unspecified atom stereocenters. The molecule has 1 aromatic rings. The Labute approximate surface area is 420 Å². The number of fused-ring (bicyclic) bond motifs is 5. The molecule has 0 bridgehead atoms. The normalized spacial score (nSPS) is 22.0. The zero-order chi connectivity index (χ0) is 51.3. The second kappa shape index (κ2) is 30.4. The Hall–Kier alpha value is -1.15. The van der Waals surface area contributed by atoms with Crippen molar-refractivity contribution in [3.63, 3.8) is 0 Å². The fourth-order valence-corrected chi connectivity index (χ4v) is 12.4. The maximum Gasteiger partial charge on any atom is 0.435 e. The molecule has 408 valence electrons. The van der Waals surface area contributed by atoms with Crippen LogP contribution in [0.4, 0.5) is 39.5 Å². The molecular formula is C52H83F9O7S2. The third-order valence-electron chi connectivity index (χ3n) is 14.4. The van der Waals surface area contributed by atoms with Crippen molar-refractivity contribution in [2.75, 3.05) is 71.0 Å². The number of alkyl halides is 9. The van der Waals surface area contributed by atoms with Crippen LogP contribution in [0.5, 0.6) is 5.75 Å². The summed E-state index contributed by atoms with van der Waals surface area (Å²) < 4.78 is 158. The molecule has 2 saturated carbocycles. The van der Waals surface area contributed by atoms with Gasteiger partial charge in [0.2, 0.25) is 0 Å². The standard InChI is InChI=1S/C52H83F9O7S2/c1-38(2)66-36-40(37-67-39(3)4)17-12-8-6-7-9-13-26-62-31-33-69-70-34-32-63-27-14-10-11-15-28-64-42-19-21-43-41(35-42)18-20-45-44(43)24-25-48(5)46(45)22-23-47(48)65-29-16-30-68-49(50(53,54)55,51(56,57)58)52(59,60)61/h19,21,35,38-40,44-47H,6-18,20,22-34,36-37H2,1-5H3. The molecular weight excluding hydrogens is 972 g/mol. The highest BCUT2D eigenvalue weighted by Crippen LogP contribution is 2.62. The van der Waals surface area contributed by atoms with Gasteiger partial charge >= 0.3 is 24.1 Å². The number of hydrogen-bond acceptors (Lipinski definition) is 9. The first-order valence-corrected chi connectivity index (χ1v) is 28.5. The van der Waals surface area contributed by atoms with Crippen molar-refractivity contribution < 1.29 is 72.7 Å². The SMILES string of the molecule is CC(C)OCC(CCCCCCCCOCCSSCCOCCCCCCOc1ccc2c(c1)CCC1C2CCC2(C)C(OCCCOC(C(F)(F)F)(C(F)(F)F)C(F)(F)F)CCC12)COC(C)C. The van der Waals surface area contributed by atoms with Crippen molar-refractivity contribution in [3.05, 3.63) is 29.3 Å². The van der Waals surface area contributed by atoms with Crippen molar-refractivity contribution >= 4 is 21.6 Å². The summed E-state index contributed by atoms with van der Waals surface area (Å²) in [4.78, 5) is 0. The molecule has 4 rings (SSSR count). The second-order valence-corrected chi connectivity index (χ2v) is 23.0. The van der Waals surface area contributed by atoms with Gasteiger partial charge < -0.3 is 33.2 Å². The molecule has 0 N–H and O–H groups in total. The van der Waals surface area contributed by atoms with Gasteiger partial charge in [-0.3, -0.25) is 0 Å². The Kier molecular flexibility index (Phi) is 26.7. The van der Waals surface area contributed by atoms with Gasteiger partial charge in [-0.15, -0.1) is 0 Å². The Morgan fingerprint density at radius 1 is 0.614 bits per heavy atom. The summed E-state index contributed by atoms with van der Waals surface area (Å²) in [7, 11) is 3.69. The van der Waals surface area contributed by atoms with E-state index in [0.29, 0.717) is 36.7 Å². The highest BCUT2D eigenvalue weighted by Gasteiger charge is 2.85. The smallest absolute Gasteiger partial charge is 0.435 e. The van der Waals surface area contributed by atoms with E-state index in [9.17, 15) is 39.5 Å². The summed E-state index contributed by atoms with van der Waals surface area (Å²) >= 11 is 0. The van der Waals surface area contributed by atoms with Crippen LogP contribution in [0.2, 0.25) is 0 Å². The number of aryl methyl sites for hydroxylation is 1. The Morgan fingerprint density at radius 3 is 1.74 bits per heavy atom. The van der Waals surface area contributed by atoms with Gasteiger partial charge in [-0.25, -0.2) is 0 Å². The molecule has 1 aromatic carbocycles. The lowest BCUT2D eigenvalue weighted by atomic mass is 9.55. The van der Waals surface area contributed by atoms with Crippen LogP contribution in [-0.4, -0.2) is 113 Å². The molecule has 18 heteroatoms. The molecule has 0 aromatic heterocycles. The van der Waals surface area contributed by atoms with E-state index in [-0.39, 0.29) is 30.3 Å². The van der Waals surface area contributed by atoms with Crippen molar-refractivity contribution in [1.82, 2.24) is 0 Å². The quantitative estimate of drug-likeness (QED) is 0.0371. The summed E-state index contributed by atoms with van der Waals surface area (Å²) in [5, 5.41) is 0. The molecule has 0 amide bonds. The minimum atomic E-state index is -6.74. The summed E-state index contributed by atoms with van der Waals surface area (Å²) in [5.74, 6) is 4.38. The Morgan fingerprint density at radius 2 is 1.17 bits per heavy atom. The first kappa shape index (κ1) is 61.4. The van der Waals surface area contributed by atoms with Gasteiger partial charge in [0.25, 0.3) is 0 Å². The van der Waals surface area contributed by atoms with Crippen LogP contribution in [0.1, 0.15) is 161 Å². The van der Waals surface area contributed by atoms with Crippen molar-refractivity contribution in [2.45, 2.75) is 199 Å². The largest absolute Gasteiger partial charge is 0.494 e. The minimum absolute atomic E-state index is 0.254. The molecule has 0 heterocycles. The van der Waals surface area contributed by atoms with E-state index in [1.807, 2.05) is 21.6 Å². The molecule has 0 spiro atoms. The van der Waals surface area contributed by atoms with E-state index >= 15 is 0 Å². The summed E-state index contributed by atoms with van der Waals surface area (Å²) in [6.45, 7) is 14.1. The second-order valence-electron chi connectivity index (χ2n) is 20.3. The fraction of sp³-hybridized carbons (Fsp3) is 0.885. The van der Waals surface area contributed by atoms with Crippen LogP contribution in [0.15, 0.2) is 18.2 Å². The van der Waals surface area contributed by atoms with E-state index in [2.05, 4.69) is 57.6 Å². The van der Waals surface area contributed by atoms with Gasteiger partial charge in [-0.2, -0.15) is 39.5 Å². The van der Waals surface area contributed by atoms with E-state index in [1.165, 1.54) is 49.7 Å². The monoisotopic (exact) mass is 1050 g/mol. The summed E-state index contributed by atoms with van der Waals surface area (Å²) in [6.07, 6.45) is -2.68. The molecule has 7 nitrogen and oxygen atoms in total. The topological polar surface area (TPSA) is 64.6 Å². The average Bonchev–Trinajstić information content (AvgIpc) is 3.62. The Balaban J connectivity index is 0.973. The van der Waals surface area contributed by atoms with Crippen LogP contribution in [0.25, 0.3) is 0 Å². The molecule has 5 atom stereocenters. The van der Waals surface area contributed by atoms with Crippen molar-refractivity contribution in [2.24, 2.45) is 23.2 Å². The zero-order valence-electron chi connectivity index (χ0n) is 42.4. The van der Waals surface area contributed by atoms with Gasteiger partial charge in [0.05, 0.1) is 58.0 Å². The maximum absolute atomic E-state index is 13.2. The molecule has 2 fully saturated rings. The first-order chi connectivity index (χ1) is 33.2. The predicted octanol–water partition coefficient (Wildman–Crippen LogP) is 15.3. The lowest BCUT2D eigenvalue weighted by molar-refractivity contribution is -0.457. The lowest BCUT2D eigenvalue weighted by Crippen LogP contribution is -2.67. The number of ether oxygens (including phenoxy) is 7. The summed E-state index contributed by atoms with van der Waals surface area (Å²) in [6, 6.07) is 6.41. The molecule has 3 aliphatic rings. The Bertz CT molecular complexity index is 1540. The molecule has 0 aliphatic heterocycles. The third-order valence-corrected chi connectivity index (χ3v) is 16.7. The van der Waals surface area contributed by atoms with Crippen molar-refractivity contribution in [3.8, 4) is 5.75 Å². The molecule has 3 aliphatic carbocycles. The number of halogens is 9. The molecule has 0 saturated heterocycles. The average molecular weight is 1060 g/mol. The van der Waals surface area contributed by atoms with Gasteiger partial charge in [-0.05, 0) is 151 Å². The number of unbranched alkanes of at least 4 members (excludes halogenated alkanes) is 8. The minimum Gasteiger partial charge on any atom is -0.494 e. The van der Waals surface area contributed by atoms with Crippen molar-refractivity contribution in [1.29, 1.82) is 0 Å². The molecule has 70 heavy (non-hydrogen) atoms. The highest BCUT2D eigenvalue weighted by atomic mass is 33.1. The first-order valence-electron chi connectivity index (χ1n) is 26.1. The van der Waals surface area contributed by atoms with Crippen LogP contribution in [-0.2, 0) is 34.8 Å². The highest BCUT2D eigenvalue weighted by molar-refractivity contribution is 8.76. The van der Waals surface area contributed by atoms with Crippen LogP contribution < -0.4 is 4.74 Å². The predicted molar refractivity (Wildman–Crippen MR) is 261 cm³/mol. The maximum atomic E-state index is 13.2. The number of benzene rings is 1. The van der Waals surface area contributed by atoms with Crippen LogP contribution in [0, 0.1) is 23.2 Å². The fourth-order valence-electron chi connectivity index (χ4n) is 10.7. The van der Waals surface area contributed by atoms with Gasteiger partial charge in [0.15, 0.2) is 0 Å². The van der Waals surface area contributed by atoms with Crippen LogP contribution >= 0.6 is 21.6 Å². The zero-order valence-corrected chi connectivity index (χ0v) is 44.0. The molecule has 0 radical (unpaired) electrons. The van der Waals surface area contributed by atoms with Crippen LogP contribution in [0.3, 0.4) is 0 Å². The van der Waals surface area contributed by atoms with Gasteiger partial charge in [0.1, 0.15) is 5.75 Å². The van der Waals surface area contributed by atoms with E-state index < -0.39 is 37.2 Å². The third kappa shape index (κ3) is 18.9. The van der Waals surface area contributed by atoms with E-state index in [0.717, 1.165) is 121 Å². The van der Waals surface area contributed by atoms with Gasteiger partial charge in [-0.1, -0.05) is 73.1 Å². The lowest BCUT2D eigenvalue weighted by Gasteiger charge is -2.50. The number of rotatable bonds is 36. The van der Waals surface area contributed by atoms with E-state index in [1.54, 1.807) is 0 Å².